The highest BCUT2D eigenvalue weighted by atomic mass is 16.5. The van der Waals surface area contributed by atoms with Crippen LogP contribution in [0.1, 0.15) is 25.0 Å². The number of ether oxygens (including phenoxy) is 1. The lowest BCUT2D eigenvalue weighted by Gasteiger charge is -2.13. The molecule has 2 aromatic rings. The summed E-state index contributed by atoms with van der Waals surface area (Å²) in [7, 11) is 0. The fourth-order valence-corrected chi connectivity index (χ4v) is 2.00. The second kappa shape index (κ2) is 9.59. The van der Waals surface area contributed by atoms with Crippen molar-refractivity contribution in [3.63, 3.8) is 0 Å². The number of carbonyl (C=O) groups is 1. The summed E-state index contributed by atoms with van der Waals surface area (Å²) < 4.78 is 5.69. The molecule has 2 rings (SSSR count). The number of aliphatic hydroxyl groups excluding tert-OH is 1. The van der Waals surface area contributed by atoms with E-state index < -0.39 is 6.10 Å². The van der Waals surface area contributed by atoms with E-state index in [2.05, 4.69) is 10.3 Å². The third-order valence-electron chi connectivity index (χ3n) is 3.69. The van der Waals surface area contributed by atoms with Gasteiger partial charge >= 0.3 is 0 Å². The van der Waals surface area contributed by atoms with Gasteiger partial charge in [0.05, 0.1) is 6.10 Å². The zero-order chi connectivity index (χ0) is 18.1. The molecule has 1 heterocycles. The van der Waals surface area contributed by atoms with Crippen LogP contribution < -0.4 is 10.1 Å². The first-order chi connectivity index (χ1) is 12.0. The maximum Gasteiger partial charge on any atom is 0.244 e. The van der Waals surface area contributed by atoms with E-state index in [1.807, 2.05) is 50.2 Å². The van der Waals surface area contributed by atoms with E-state index in [0.717, 1.165) is 16.9 Å². The number of carbonyl (C=O) groups excluding carboxylic acids is 1. The van der Waals surface area contributed by atoms with Crippen LogP contribution in [0, 0.1) is 5.92 Å². The Morgan fingerprint density at radius 3 is 2.68 bits per heavy atom. The molecule has 0 bridgehead atoms. The van der Waals surface area contributed by atoms with Crippen LogP contribution in [-0.2, 0) is 11.4 Å². The Hall–Kier alpha value is -2.66. The minimum Gasteiger partial charge on any atom is -0.489 e. The molecular formula is C20H24N2O3. The molecule has 1 amide bonds. The van der Waals surface area contributed by atoms with Crippen molar-refractivity contribution in [1.82, 2.24) is 10.3 Å². The van der Waals surface area contributed by atoms with Crippen molar-refractivity contribution in [2.75, 3.05) is 6.54 Å². The van der Waals surface area contributed by atoms with Crippen LogP contribution in [0.3, 0.4) is 0 Å². The van der Waals surface area contributed by atoms with Crippen LogP contribution >= 0.6 is 0 Å². The van der Waals surface area contributed by atoms with Gasteiger partial charge in [-0.3, -0.25) is 9.78 Å². The van der Waals surface area contributed by atoms with Crippen LogP contribution in [0.5, 0.6) is 5.75 Å². The lowest BCUT2D eigenvalue weighted by molar-refractivity contribution is -0.117. The van der Waals surface area contributed by atoms with Crippen molar-refractivity contribution in [1.29, 1.82) is 0 Å². The van der Waals surface area contributed by atoms with E-state index >= 15 is 0 Å². The Morgan fingerprint density at radius 2 is 2.04 bits per heavy atom. The molecule has 5 nitrogen and oxygen atoms in total. The predicted molar refractivity (Wildman–Crippen MR) is 97.9 cm³/mol. The third-order valence-corrected chi connectivity index (χ3v) is 3.69. The van der Waals surface area contributed by atoms with Gasteiger partial charge in [-0.25, -0.2) is 0 Å². The van der Waals surface area contributed by atoms with Crippen molar-refractivity contribution < 1.29 is 14.6 Å². The average molecular weight is 340 g/mol. The molecule has 1 aromatic heterocycles. The highest BCUT2D eigenvalue weighted by Gasteiger charge is 2.09. The maximum absolute atomic E-state index is 11.7. The summed E-state index contributed by atoms with van der Waals surface area (Å²) in [4.78, 5) is 15.8. The molecule has 1 aromatic carbocycles. The molecule has 2 N–H and O–H groups in total. The van der Waals surface area contributed by atoms with Crippen LogP contribution in [0.15, 0.2) is 54.9 Å². The van der Waals surface area contributed by atoms with Gasteiger partial charge in [-0.2, -0.15) is 0 Å². The Labute approximate surface area is 148 Å². The van der Waals surface area contributed by atoms with E-state index in [4.69, 9.17) is 4.74 Å². The molecule has 0 saturated heterocycles. The Kier molecular flexibility index (Phi) is 7.16. The van der Waals surface area contributed by atoms with Crippen LogP contribution in [0.2, 0.25) is 0 Å². The largest absolute Gasteiger partial charge is 0.489 e. The SMILES string of the molecule is CC(C)C(O)CNC(=O)/C=C/c1ccc(OCc2cccnc2)cc1. The summed E-state index contributed by atoms with van der Waals surface area (Å²) in [6.07, 6.45) is 6.14. The summed E-state index contributed by atoms with van der Waals surface area (Å²) in [5.41, 5.74) is 1.90. The zero-order valence-corrected chi connectivity index (χ0v) is 14.6. The number of aliphatic hydroxyl groups is 1. The molecule has 132 valence electrons. The number of amides is 1. The van der Waals surface area contributed by atoms with E-state index in [0.29, 0.717) is 6.61 Å². The molecule has 1 atom stereocenters. The Balaban J connectivity index is 1.80. The summed E-state index contributed by atoms with van der Waals surface area (Å²) in [5, 5.41) is 12.3. The summed E-state index contributed by atoms with van der Waals surface area (Å²) in [6, 6.07) is 11.3. The summed E-state index contributed by atoms with van der Waals surface area (Å²) >= 11 is 0. The number of rotatable bonds is 8. The molecule has 1 unspecified atom stereocenters. The summed E-state index contributed by atoms with van der Waals surface area (Å²) in [6.45, 7) is 4.53. The average Bonchev–Trinajstić information content (AvgIpc) is 2.64. The lowest BCUT2D eigenvalue weighted by atomic mass is 10.1. The van der Waals surface area contributed by atoms with Crippen LogP contribution in [-0.4, -0.2) is 28.6 Å². The van der Waals surface area contributed by atoms with Crippen LogP contribution in [0.25, 0.3) is 6.08 Å². The van der Waals surface area contributed by atoms with Gasteiger partial charge in [0.25, 0.3) is 0 Å². The topological polar surface area (TPSA) is 71.5 Å². The Bertz CT molecular complexity index is 682. The third kappa shape index (κ3) is 6.77. The molecule has 0 spiro atoms. The number of hydrogen-bond donors (Lipinski definition) is 2. The first-order valence-corrected chi connectivity index (χ1v) is 8.30. The minimum absolute atomic E-state index is 0.114. The number of benzene rings is 1. The number of nitrogens with one attached hydrogen (secondary N) is 1. The first kappa shape index (κ1) is 18.7. The van der Waals surface area contributed by atoms with Crippen molar-refractivity contribution >= 4 is 12.0 Å². The number of aromatic nitrogens is 1. The molecule has 0 radical (unpaired) electrons. The predicted octanol–water partition coefficient (Wildman–Crippen LogP) is 2.81. The molecule has 0 fully saturated rings. The van der Waals surface area contributed by atoms with Gasteiger partial charge in [0.15, 0.2) is 0 Å². The molecule has 0 saturated carbocycles. The van der Waals surface area contributed by atoms with Crippen molar-refractivity contribution in [3.05, 3.63) is 66.0 Å². The second-order valence-corrected chi connectivity index (χ2v) is 6.11. The number of nitrogens with zero attached hydrogens (tertiary/aromatic N) is 1. The van der Waals surface area contributed by atoms with Gasteiger partial charge in [0, 0.05) is 30.6 Å². The molecule has 0 aliphatic heterocycles. The van der Waals surface area contributed by atoms with Crippen LogP contribution in [0.4, 0.5) is 0 Å². The molecule has 0 aliphatic carbocycles. The van der Waals surface area contributed by atoms with E-state index in [-0.39, 0.29) is 18.4 Å². The van der Waals surface area contributed by atoms with Crippen molar-refractivity contribution in [3.8, 4) is 5.75 Å². The fourth-order valence-electron chi connectivity index (χ4n) is 2.00. The van der Waals surface area contributed by atoms with Gasteiger partial charge in [0.1, 0.15) is 12.4 Å². The quantitative estimate of drug-likeness (QED) is 0.725. The van der Waals surface area contributed by atoms with Gasteiger partial charge in [-0.1, -0.05) is 32.0 Å². The van der Waals surface area contributed by atoms with E-state index in [1.54, 1.807) is 18.5 Å². The monoisotopic (exact) mass is 340 g/mol. The highest BCUT2D eigenvalue weighted by Crippen LogP contribution is 2.14. The first-order valence-electron chi connectivity index (χ1n) is 8.30. The molecule has 25 heavy (non-hydrogen) atoms. The highest BCUT2D eigenvalue weighted by molar-refractivity contribution is 5.91. The summed E-state index contributed by atoms with van der Waals surface area (Å²) in [5.74, 6) is 0.644. The van der Waals surface area contributed by atoms with Gasteiger partial charge in [0.2, 0.25) is 5.91 Å². The number of hydrogen-bond acceptors (Lipinski definition) is 4. The maximum atomic E-state index is 11.7. The standard InChI is InChI=1S/C20H24N2O3/c1-15(2)19(23)13-22-20(24)10-7-16-5-8-18(9-6-16)25-14-17-4-3-11-21-12-17/h3-12,15,19,23H,13-14H2,1-2H3,(H,22,24)/b10-7+. The Morgan fingerprint density at radius 1 is 1.28 bits per heavy atom. The van der Waals surface area contributed by atoms with Gasteiger partial charge in [-0.05, 0) is 35.8 Å². The van der Waals surface area contributed by atoms with Crippen molar-refractivity contribution in [2.24, 2.45) is 5.92 Å². The second-order valence-electron chi connectivity index (χ2n) is 6.11. The van der Waals surface area contributed by atoms with Gasteiger partial charge < -0.3 is 15.2 Å². The minimum atomic E-state index is -0.534. The zero-order valence-electron chi connectivity index (χ0n) is 14.6. The van der Waals surface area contributed by atoms with E-state index in [1.165, 1.54) is 6.08 Å². The molecule has 5 heteroatoms. The van der Waals surface area contributed by atoms with Crippen molar-refractivity contribution in [2.45, 2.75) is 26.6 Å². The van der Waals surface area contributed by atoms with Gasteiger partial charge in [-0.15, -0.1) is 0 Å². The fraction of sp³-hybridized carbons (Fsp3) is 0.300. The van der Waals surface area contributed by atoms with E-state index in [9.17, 15) is 9.90 Å². The molecular weight excluding hydrogens is 316 g/mol. The number of pyridine rings is 1. The normalized spacial score (nSPS) is 12.3. The lowest BCUT2D eigenvalue weighted by Crippen LogP contribution is -2.33. The molecule has 0 aliphatic rings. The smallest absolute Gasteiger partial charge is 0.244 e.